The summed E-state index contributed by atoms with van der Waals surface area (Å²) in [5.74, 6) is -0.973. The molecule has 0 aliphatic carbocycles. The van der Waals surface area contributed by atoms with E-state index in [4.69, 9.17) is 23.2 Å². The van der Waals surface area contributed by atoms with E-state index in [1.165, 1.54) is 11.8 Å². The van der Waals surface area contributed by atoms with Crippen molar-refractivity contribution >= 4 is 52.2 Å². The third kappa shape index (κ3) is 3.89. The molecule has 2 aromatic carbocycles. The van der Waals surface area contributed by atoms with E-state index in [1.54, 1.807) is 42.5 Å². The average molecular weight is 391 g/mol. The van der Waals surface area contributed by atoms with Gasteiger partial charge >= 0.3 is 0 Å². The molecule has 7 heteroatoms. The number of nitrogens with zero attached hydrogens (tertiary/aromatic N) is 1. The predicted octanol–water partition coefficient (Wildman–Crippen LogP) is 4.19. The summed E-state index contributed by atoms with van der Waals surface area (Å²) in [6, 6.07) is 11.5. The minimum Gasteiger partial charge on any atom is -0.326 e. The molecule has 1 unspecified atom stereocenters. The van der Waals surface area contributed by atoms with Crippen LogP contribution < -0.4 is 10.2 Å². The lowest BCUT2D eigenvalue weighted by atomic mass is 10.1. The molecule has 5 nitrogen and oxygen atoms in total. The van der Waals surface area contributed by atoms with E-state index in [1.807, 2.05) is 0 Å². The van der Waals surface area contributed by atoms with Crippen LogP contribution in [0.1, 0.15) is 23.7 Å². The molecular weight excluding hydrogens is 375 g/mol. The fourth-order valence-electron chi connectivity index (χ4n) is 2.84. The Kier molecular flexibility index (Phi) is 5.30. The van der Waals surface area contributed by atoms with Gasteiger partial charge in [-0.2, -0.15) is 0 Å². The molecule has 26 heavy (non-hydrogen) atoms. The molecule has 0 saturated carbocycles. The van der Waals surface area contributed by atoms with Gasteiger partial charge in [-0.3, -0.25) is 14.4 Å². The Morgan fingerprint density at radius 1 is 1.12 bits per heavy atom. The van der Waals surface area contributed by atoms with E-state index in [2.05, 4.69) is 5.32 Å². The minimum absolute atomic E-state index is 0.0432. The van der Waals surface area contributed by atoms with Crippen LogP contribution in [0.3, 0.4) is 0 Å². The lowest BCUT2D eigenvalue weighted by Crippen LogP contribution is -2.28. The normalized spacial score (nSPS) is 16.7. The van der Waals surface area contributed by atoms with E-state index >= 15 is 0 Å². The van der Waals surface area contributed by atoms with Crippen LogP contribution in [0.25, 0.3) is 0 Å². The van der Waals surface area contributed by atoms with E-state index in [0.29, 0.717) is 27.0 Å². The van der Waals surface area contributed by atoms with Crippen molar-refractivity contribution in [1.29, 1.82) is 0 Å². The second kappa shape index (κ2) is 7.48. The zero-order chi connectivity index (χ0) is 18.8. The van der Waals surface area contributed by atoms with Gasteiger partial charge < -0.3 is 10.2 Å². The number of amides is 2. The standard InChI is InChI=1S/C19H16Cl2N2O3/c1-11(24)12-2-5-15(6-3-12)22-19(26)13-8-18(25)23(10-13)17-9-14(20)4-7-16(17)21/h2-7,9,13H,8,10H2,1H3,(H,22,26). The number of ketones is 1. The summed E-state index contributed by atoms with van der Waals surface area (Å²) in [6.45, 7) is 1.71. The maximum absolute atomic E-state index is 12.5. The highest BCUT2D eigenvalue weighted by molar-refractivity contribution is 6.36. The van der Waals surface area contributed by atoms with Crippen molar-refractivity contribution in [3.8, 4) is 0 Å². The molecule has 0 radical (unpaired) electrons. The highest BCUT2D eigenvalue weighted by Gasteiger charge is 2.36. The van der Waals surface area contributed by atoms with E-state index in [0.717, 1.165) is 0 Å². The van der Waals surface area contributed by atoms with E-state index in [9.17, 15) is 14.4 Å². The molecule has 1 saturated heterocycles. The number of rotatable bonds is 4. The molecular formula is C19H16Cl2N2O3. The van der Waals surface area contributed by atoms with Crippen molar-refractivity contribution in [2.45, 2.75) is 13.3 Å². The summed E-state index contributed by atoms with van der Waals surface area (Å²) in [5.41, 5.74) is 1.65. The molecule has 1 aliphatic heterocycles. The lowest BCUT2D eigenvalue weighted by molar-refractivity contribution is -0.122. The Bertz CT molecular complexity index is 881. The minimum atomic E-state index is -0.495. The molecule has 1 heterocycles. The van der Waals surface area contributed by atoms with Crippen LogP contribution in [-0.4, -0.2) is 24.1 Å². The van der Waals surface area contributed by atoms with Crippen LogP contribution in [0.4, 0.5) is 11.4 Å². The summed E-state index contributed by atoms with van der Waals surface area (Å²) >= 11 is 12.1. The molecule has 2 aromatic rings. The average Bonchev–Trinajstić information content (AvgIpc) is 2.99. The summed E-state index contributed by atoms with van der Waals surface area (Å²) in [6.07, 6.45) is 0.0974. The van der Waals surface area contributed by atoms with Gasteiger partial charge in [0.1, 0.15) is 0 Å². The SMILES string of the molecule is CC(=O)c1ccc(NC(=O)C2CC(=O)N(c3cc(Cl)ccc3Cl)C2)cc1. The maximum Gasteiger partial charge on any atom is 0.229 e. The second-order valence-electron chi connectivity index (χ2n) is 6.12. The topological polar surface area (TPSA) is 66.5 Å². The zero-order valence-corrected chi connectivity index (χ0v) is 15.5. The molecule has 1 atom stereocenters. The third-order valence-corrected chi connectivity index (χ3v) is 4.81. The van der Waals surface area contributed by atoms with Crippen LogP contribution in [0.5, 0.6) is 0 Å². The number of hydrogen-bond acceptors (Lipinski definition) is 3. The molecule has 1 N–H and O–H groups in total. The number of nitrogens with one attached hydrogen (secondary N) is 1. The van der Waals surface area contributed by atoms with Crippen LogP contribution in [-0.2, 0) is 9.59 Å². The third-order valence-electron chi connectivity index (χ3n) is 4.25. The quantitative estimate of drug-likeness (QED) is 0.795. The molecule has 134 valence electrons. The maximum atomic E-state index is 12.5. The molecule has 3 rings (SSSR count). The van der Waals surface area contributed by atoms with Crippen molar-refractivity contribution in [1.82, 2.24) is 0 Å². The van der Waals surface area contributed by atoms with Gasteiger partial charge in [-0.1, -0.05) is 23.2 Å². The number of carbonyl (C=O) groups excluding carboxylic acids is 3. The molecule has 0 aromatic heterocycles. The number of anilines is 2. The van der Waals surface area contributed by atoms with E-state index < -0.39 is 5.92 Å². The van der Waals surface area contributed by atoms with E-state index in [-0.39, 0.29) is 30.6 Å². The van der Waals surface area contributed by atoms with Gasteiger partial charge in [-0.25, -0.2) is 0 Å². The molecule has 0 bridgehead atoms. The largest absolute Gasteiger partial charge is 0.326 e. The van der Waals surface area contributed by atoms with Gasteiger partial charge in [0.05, 0.1) is 16.6 Å². The summed E-state index contributed by atoms with van der Waals surface area (Å²) in [5, 5.41) is 3.65. The first-order valence-corrected chi connectivity index (χ1v) is 8.78. The molecule has 1 fully saturated rings. The Hall–Kier alpha value is -2.37. The van der Waals surface area contributed by atoms with Gasteiger partial charge in [0.15, 0.2) is 5.78 Å². The van der Waals surface area contributed by atoms with Crippen molar-refractivity contribution in [3.63, 3.8) is 0 Å². The number of hydrogen-bond donors (Lipinski definition) is 1. The highest BCUT2D eigenvalue weighted by atomic mass is 35.5. The summed E-state index contributed by atoms with van der Waals surface area (Å²) in [4.78, 5) is 37.6. The van der Waals surface area contributed by atoms with Crippen LogP contribution in [0.2, 0.25) is 10.0 Å². The molecule has 2 amide bonds. The van der Waals surface area contributed by atoms with Gasteiger partial charge in [0.25, 0.3) is 0 Å². The van der Waals surface area contributed by atoms with Gasteiger partial charge in [0, 0.05) is 29.2 Å². The van der Waals surface area contributed by atoms with Crippen LogP contribution >= 0.6 is 23.2 Å². The van der Waals surface area contributed by atoms with Crippen LogP contribution in [0.15, 0.2) is 42.5 Å². The monoisotopic (exact) mass is 390 g/mol. The number of benzene rings is 2. The summed E-state index contributed by atoms with van der Waals surface area (Å²) < 4.78 is 0. The lowest BCUT2D eigenvalue weighted by Gasteiger charge is -2.18. The highest BCUT2D eigenvalue weighted by Crippen LogP contribution is 2.33. The Labute approximate surface area is 160 Å². The fraction of sp³-hybridized carbons (Fsp3) is 0.211. The van der Waals surface area contributed by atoms with Gasteiger partial charge in [-0.15, -0.1) is 0 Å². The predicted molar refractivity (Wildman–Crippen MR) is 102 cm³/mol. The van der Waals surface area contributed by atoms with Crippen molar-refractivity contribution < 1.29 is 14.4 Å². The fourth-order valence-corrected chi connectivity index (χ4v) is 3.23. The Morgan fingerprint density at radius 3 is 2.46 bits per heavy atom. The first-order valence-electron chi connectivity index (χ1n) is 8.02. The summed E-state index contributed by atoms with van der Waals surface area (Å²) in [7, 11) is 0. The molecule has 1 aliphatic rings. The smallest absolute Gasteiger partial charge is 0.229 e. The Balaban J connectivity index is 1.70. The van der Waals surface area contributed by atoms with Gasteiger partial charge in [-0.05, 0) is 49.4 Å². The van der Waals surface area contributed by atoms with Crippen molar-refractivity contribution in [3.05, 3.63) is 58.1 Å². The Morgan fingerprint density at radius 2 is 1.81 bits per heavy atom. The van der Waals surface area contributed by atoms with Crippen LogP contribution in [0, 0.1) is 5.92 Å². The number of halogens is 2. The number of Topliss-reactive ketones (excluding diaryl/α,β-unsaturated/α-hetero) is 1. The first kappa shape index (κ1) is 18.4. The second-order valence-corrected chi connectivity index (χ2v) is 6.97. The number of carbonyl (C=O) groups is 3. The van der Waals surface area contributed by atoms with Crippen molar-refractivity contribution in [2.24, 2.45) is 5.92 Å². The zero-order valence-electron chi connectivity index (χ0n) is 14.0. The first-order chi connectivity index (χ1) is 12.3. The molecule has 0 spiro atoms. The van der Waals surface area contributed by atoms with Gasteiger partial charge in [0.2, 0.25) is 11.8 Å². The van der Waals surface area contributed by atoms with Crippen molar-refractivity contribution in [2.75, 3.05) is 16.8 Å².